The third-order valence-corrected chi connectivity index (χ3v) is 6.04. The third-order valence-electron chi connectivity index (χ3n) is 5.53. The number of alkyl halides is 3. The summed E-state index contributed by atoms with van der Waals surface area (Å²) in [6, 6.07) is 29.8. The van der Waals surface area contributed by atoms with Crippen molar-refractivity contribution >= 4 is 40.7 Å². The Bertz CT molecular complexity index is 941. The van der Waals surface area contributed by atoms with Gasteiger partial charge in [0.1, 0.15) is 5.60 Å². The van der Waals surface area contributed by atoms with E-state index in [2.05, 4.69) is 48.3 Å². The smallest absolute Gasteiger partial charge is 0.272 e. The molecule has 0 radical (unpaired) electrons. The second-order valence-electron chi connectivity index (χ2n) is 7.80. The predicted octanol–water partition coefficient (Wildman–Crippen LogP) is 6.67. The Hall–Kier alpha value is -2.30. The van der Waals surface area contributed by atoms with E-state index in [0.29, 0.717) is 6.61 Å². The molecule has 0 bridgehead atoms. The average Bonchev–Trinajstić information content (AvgIpc) is 2.84. The fraction of sp³-hybridized carbons (Fsp3) is 0.222. The van der Waals surface area contributed by atoms with Gasteiger partial charge in [-0.05, 0) is 16.7 Å². The Kier molecular flexibility index (Phi) is 8.61. The largest absolute Gasteiger partial charge is 0.360 e. The molecule has 1 N–H and O–H groups in total. The van der Waals surface area contributed by atoms with Crippen molar-refractivity contribution in [2.75, 3.05) is 6.61 Å². The van der Waals surface area contributed by atoms with Gasteiger partial charge < -0.3 is 10.1 Å². The van der Waals surface area contributed by atoms with Gasteiger partial charge in [0.15, 0.2) is 0 Å². The van der Waals surface area contributed by atoms with Crippen LogP contribution in [0.5, 0.6) is 0 Å². The molecule has 2 atom stereocenters. The van der Waals surface area contributed by atoms with Gasteiger partial charge in [-0.15, -0.1) is 6.58 Å². The van der Waals surface area contributed by atoms with Gasteiger partial charge in [0.25, 0.3) is 9.70 Å². The van der Waals surface area contributed by atoms with Gasteiger partial charge >= 0.3 is 0 Å². The lowest BCUT2D eigenvalue weighted by molar-refractivity contribution is -0.121. The predicted molar refractivity (Wildman–Crippen MR) is 137 cm³/mol. The van der Waals surface area contributed by atoms with E-state index in [9.17, 15) is 4.79 Å². The molecule has 3 rings (SSSR count). The number of nitrogens with one attached hydrogen (secondary N) is 1. The van der Waals surface area contributed by atoms with Crippen molar-refractivity contribution in [3.05, 3.63) is 120 Å². The Morgan fingerprint density at radius 2 is 1.27 bits per heavy atom. The molecule has 0 fully saturated rings. The van der Waals surface area contributed by atoms with Gasteiger partial charge in [0, 0.05) is 5.92 Å². The maximum Gasteiger partial charge on any atom is 0.272 e. The van der Waals surface area contributed by atoms with Crippen LogP contribution in [0.2, 0.25) is 0 Å². The molecule has 0 spiro atoms. The van der Waals surface area contributed by atoms with Crippen molar-refractivity contribution in [2.45, 2.75) is 22.4 Å². The number of carbonyl (C=O) groups excluding carboxylic acids is 1. The van der Waals surface area contributed by atoms with Gasteiger partial charge in [-0.3, -0.25) is 4.79 Å². The van der Waals surface area contributed by atoms with Crippen LogP contribution in [0, 0.1) is 5.92 Å². The number of amides is 1. The highest BCUT2D eigenvalue weighted by Gasteiger charge is 2.39. The summed E-state index contributed by atoms with van der Waals surface area (Å²) in [6.45, 7) is 6.09. The number of ether oxygens (including phenoxy) is 1. The van der Waals surface area contributed by atoms with E-state index in [1.54, 1.807) is 6.08 Å². The van der Waals surface area contributed by atoms with E-state index < -0.39 is 21.3 Å². The molecule has 0 aromatic heterocycles. The first kappa shape index (κ1) is 25.3. The molecule has 6 heteroatoms. The van der Waals surface area contributed by atoms with Gasteiger partial charge in [-0.2, -0.15) is 0 Å². The van der Waals surface area contributed by atoms with Crippen molar-refractivity contribution in [3.63, 3.8) is 0 Å². The molecule has 0 aliphatic rings. The monoisotopic (exact) mass is 501 g/mol. The summed E-state index contributed by atoms with van der Waals surface area (Å²) >= 11 is 17.2. The molecule has 0 saturated carbocycles. The van der Waals surface area contributed by atoms with Crippen LogP contribution in [0.15, 0.2) is 104 Å². The normalized spacial score (nSPS) is 13.7. The molecule has 0 heterocycles. The fourth-order valence-electron chi connectivity index (χ4n) is 3.80. The second-order valence-corrected chi connectivity index (χ2v) is 10.1. The SMILES string of the molecule is C=C[C@@H](NC(=O)C(Cl)(Cl)Cl)[C@H](C)COC(c1ccccc1)(c1ccccc1)c1ccccc1. The van der Waals surface area contributed by atoms with Crippen LogP contribution in [-0.4, -0.2) is 22.3 Å². The first-order valence-corrected chi connectivity index (χ1v) is 11.7. The zero-order valence-electron chi connectivity index (χ0n) is 18.3. The third kappa shape index (κ3) is 5.99. The number of rotatable bonds is 9. The number of benzene rings is 3. The Morgan fingerprint density at radius 3 is 1.61 bits per heavy atom. The molecule has 0 aliphatic carbocycles. The summed E-state index contributed by atoms with van der Waals surface area (Å²) in [6.07, 6.45) is 1.62. The highest BCUT2D eigenvalue weighted by Crippen LogP contribution is 2.41. The van der Waals surface area contributed by atoms with E-state index >= 15 is 0 Å². The molecule has 3 nitrogen and oxygen atoms in total. The number of carbonyl (C=O) groups is 1. The second kappa shape index (κ2) is 11.2. The van der Waals surface area contributed by atoms with Crippen LogP contribution >= 0.6 is 34.8 Å². The van der Waals surface area contributed by atoms with E-state index in [-0.39, 0.29) is 5.92 Å². The Balaban J connectivity index is 2.00. The van der Waals surface area contributed by atoms with Crippen molar-refractivity contribution in [2.24, 2.45) is 5.92 Å². The van der Waals surface area contributed by atoms with E-state index in [4.69, 9.17) is 39.5 Å². The van der Waals surface area contributed by atoms with Crippen LogP contribution in [-0.2, 0) is 15.1 Å². The molecule has 172 valence electrons. The lowest BCUT2D eigenvalue weighted by Gasteiger charge is -2.37. The summed E-state index contributed by atoms with van der Waals surface area (Å²) < 4.78 is 4.75. The zero-order valence-corrected chi connectivity index (χ0v) is 20.5. The van der Waals surface area contributed by atoms with Crippen molar-refractivity contribution in [1.29, 1.82) is 0 Å². The summed E-state index contributed by atoms with van der Waals surface area (Å²) in [4.78, 5) is 12.2. The average molecular weight is 503 g/mol. The number of halogens is 3. The van der Waals surface area contributed by atoms with Crippen molar-refractivity contribution in [3.8, 4) is 0 Å². The Labute approximate surface area is 210 Å². The topological polar surface area (TPSA) is 38.3 Å². The number of hydrogen-bond donors (Lipinski definition) is 1. The van der Waals surface area contributed by atoms with Crippen LogP contribution in [0.4, 0.5) is 0 Å². The minimum Gasteiger partial charge on any atom is -0.360 e. The summed E-state index contributed by atoms with van der Waals surface area (Å²) in [5.74, 6) is -0.862. The summed E-state index contributed by atoms with van der Waals surface area (Å²) in [7, 11) is 0. The van der Waals surface area contributed by atoms with Crippen LogP contribution in [0.25, 0.3) is 0 Å². The molecule has 0 saturated heterocycles. The van der Waals surface area contributed by atoms with Gasteiger partial charge in [0.05, 0.1) is 12.6 Å². The maximum absolute atomic E-state index is 12.2. The first-order valence-electron chi connectivity index (χ1n) is 10.6. The van der Waals surface area contributed by atoms with Crippen molar-refractivity contribution in [1.82, 2.24) is 5.32 Å². The van der Waals surface area contributed by atoms with Gasteiger partial charge in [0.2, 0.25) is 0 Å². The molecule has 3 aromatic carbocycles. The first-order chi connectivity index (χ1) is 15.8. The standard InChI is InChI=1S/C27H26Cl3NO2/c1-3-24(31-25(32)27(28,29)30)20(2)19-33-26(21-13-7-4-8-14-21,22-15-9-5-10-16-22)23-17-11-6-12-18-23/h3-18,20,24H,1,19H2,2H3,(H,31,32)/t20-,24-/m1/s1. The van der Waals surface area contributed by atoms with Crippen LogP contribution < -0.4 is 5.32 Å². The highest BCUT2D eigenvalue weighted by atomic mass is 35.6. The quantitative estimate of drug-likeness (QED) is 0.201. The van der Waals surface area contributed by atoms with Gasteiger partial charge in [-0.1, -0.05) is 139 Å². The van der Waals surface area contributed by atoms with E-state index in [1.807, 2.05) is 61.5 Å². The molecule has 1 amide bonds. The van der Waals surface area contributed by atoms with Crippen molar-refractivity contribution < 1.29 is 9.53 Å². The van der Waals surface area contributed by atoms with Crippen LogP contribution in [0.1, 0.15) is 23.6 Å². The number of hydrogen-bond acceptors (Lipinski definition) is 2. The Morgan fingerprint density at radius 1 is 0.879 bits per heavy atom. The molecule has 0 aliphatic heterocycles. The summed E-state index contributed by atoms with van der Waals surface area (Å²) in [5, 5.41) is 2.73. The minimum absolute atomic E-state index is 0.158. The van der Waals surface area contributed by atoms with E-state index in [1.165, 1.54) is 0 Å². The minimum atomic E-state index is -2.05. The maximum atomic E-state index is 12.2. The molecule has 3 aromatic rings. The lowest BCUT2D eigenvalue weighted by Crippen LogP contribution is -2.45. The molecular formula is C27H26Cl3NO2. The van der Waals surface area contributed by atoms with Gasteiger partial charge in [-0.25, -0.2) is 0 Å². The molecule has 0 unspecified atom stereocenters. The molecular weight excluding hydrogens is 477 g/mol. The van der Waals surface area contributed by atoms with E-state index in [0.717, 1.165) is 16.7 Å². The fourth-order valence-corrected chi connectivity index (χ4v) is 3.96. The lowest BCUT2D eigenvalue weighted by atomic mass is 9.80. The zero-order chi connectivity index (χ0) is 23.9. The van der Waals surface area contributed by atoms with Crippen LogP contribution in [0.3, 0.4) is 0 Å². The summed E-state index contributed by atoms with van der Waals surface area (Å²) in [5.41, 5.74) is 2.13. The molecule has 33 heavy (non-hydrogen) atoms. The highest BCUT2D eigenvalue weighted by molar-refractivity contribution is 6.76.